The first-order chi connectivity index (χ1) is 8.37. The highest BCUT2D eigenvalue weighted by molar-refractivity contribution is 6.30. The number of para-hydroxylation sites is 1. The molecule has 3 nitrogen and oxygen atoms in total. The third kappa shape index (κ3) is 2.79. The van der Waals surface area contributed by atoms with E-state index in [1.807, 2.05) is 45.0 Å². The van der Waals surface area contributed by atoms with Gasteiger partial charge in [-0.15, -0.1) is 0 Å². The molecule has 0 saturated heterocycles. The van der Waals surface area contributed by atoms with Crippen molar-refractivity contribution in [3.8, 4) is 0 Å². The minimum absolute atomic E-state index is 0.287. The van der Waals surface area contributed by atoms with Gasteiger partial charge < -0.3 is 4.74 Å². The van der Waals surface area contributed by atoms with Crippen LogP contribution in [0.4, 0.5) is 0 Å². The highest BCUT2D eigenvalue weighted by Crippen LogP contribution is 2.23. The third-order valence-electron chi connectivity index (χ3n) is 2.30. The van der Waals surface area contributed by atoms with Crippen LogP contribution in [0.1, 0.15) is 31.1 Å². The van der Waals surface area contributed by atoms with Crippen LogP contribution in [-0.2, 0) is 4.74 Å². The minimum atomic E-state index is -0.534. The fraction of sp³-hybridized carbons (Fsp3) is 0.286. The first-order valence-corrected chi connectivity index (χ1v) is 6.03. The van der Waals surface area contributed by atoms with Gasteiger partial charge in [0.05, 0.1) is 11.1 Å². The molecular formula is C14H14ClNO2. The maximum atomic E-state index is 12.1. The standard InChI is InChI=1S/C14H14ClNO2/c1-14(2,3)18-13(17)10-8-12(15)16-11-7-5-4-6-9(10)11/h4-8H,1-3H3. The van der Waals surface area contributed by atoms with Gasteiger partial charge in [-0.1, -0.05) is 29.8 Å². The number of aromatic nitrogens is 1. The molecule has 0 fully saturated rings. The Labute approximate surface area is 111 Å². The Hall–Kier alpha value is -1.61. The fourth-order valence-corrected chi connectivity index (χ4v) is 1.85. The van der Waals surface area contributed by atoms with Crippen LogP contribution in [0.2, 0.25) is 5.15 Å². The van der Waals surface area contributed by atoms with Crippen molar-refractivity contribution < 1.29 is 9.53 Å². The number of rotatable bonds is 1. The number of ether oxygens (including phenoxy) is 1. The molecule has 0 bridgehead atoms. The van der Waals surface area contributed by atoms with E-state index in [1.54, 1.807) is 0 Å². The zero-order chi connectivity index (χ0) is 13.3. The van der Waals surface area contributed by atoms with Crippen LogP contribution in [0.3, 0.4) is 0 Å². The Bertz CT molecular complexity index is 602. The molecular weight excluding hydrogens is 250 g/mol. The van der Waals surface area contributed by atoms with Crippen LogP contribution in [0.25, 0.3) is 10.9 Å². The van der Waals surface area contributed by atoms with Crippen molar-refractivity contribution >= 4 is 28.5 Å². The van der Waals surface area contributed by atoms with E-state index in [0.29, 0.717) is 11.1 Å². The highest BCUT2D eigenvalue weighted by Gasteiger charge is 2.20. The second-order valence-corrected chi connectivity index (χ2v) is 5.40. The summed E-state index contributed by atoms with van der Waals surface area (Å²) in [6.45, 7) is 5.49. The smallest absolute Gasteiger partial charge is 0.339 e. The maximum Gasteiger partial charge on any atom is 0.339 e. The molecule has 1 aromatic heterocycles. The molecule has 0 aliphatic rings. The van der Waals surface area contributed by atoms with Gasteiger partial charge >= 0.3 is 5.97 Å². The van der Waals surface area contributed by atoms with Crippen LogP contribution >= 0.6 is 11.6 Å². The SMILES string of the molecule is CC(C)(C)OC(=O)c1cc(Cl)nc2ccccc12. The van der Waals surface area contributed by atoms with Crippen LogP contribution in [-0.4, -0.2) is 16.6 Å². The number of pyridine rings is 1. The van der Waals surface area contributed by atoms with Gasteiger partial charge in [0.15, 0.2) is 0 Å². The number of halogens is 1. The average Bonchev–Trinajstić information content (AvgIpc) is 2.25. The number of carbonyl (C=O) groups is 1. The molecule has 2 rings (SSSR count). The number of hydrogen-bond donors (Lipinski definition) is 0. The van der Waals surface area contributed by atoms with E-state index in [1.165, 1.54) is 6.07 Å². The molecule has 94 valence electrons. The van der Waals surface area contributed by atoms with Gasteiger partial charge in [-0.25, -0.2) is 9.78 Å². The molecule has 18 heavy (non-hydrogen) atoms. The second kappa shape index (κ2) is 4.58. The van der Waals surface area contributed by atoms with E-state index in [9.17, 15) is 4.79 Å². The molecule has 0 aliphatic heterocycles. The van der Waals surface area contributed by atoms with Crippen LogP contribution in [0.5, 0.6) is 0 Å². The molecule has 0 aliphatic carbocycles. The first-order valence-electron chi connectivity index (χ1n) is 5.65. The molecule has 0 spiro atoms. The lowest BCUT2D eigenvalue weighted by molar-refractivity contribution is 0.00718. The molecule has 4 heteroatoms. The Balaban J connectivity index is 2.53. The summed E-state index contributed by atoms with van der Waals surface area (Å²) in [5.41, 5.74) is 0.597. The number of nitrogens with zero attached hydrogens (tertiary/aromatic N) is 1. The lowest BCUT2D eigenvalue weighted by Gasteiger charge is -2.20. The van der Waals surface area contributed by atoms with Gasteiger partial charge in [0, 0.05) is 5.39 Å². The summed E-state index contributed by atoms with van der Waals surface area (Å²) in [6, 6.07) is 8.89. The first kappa shape index (κ1) is 12.8. The summed E-state index contributed by atoms with van der Waals surface area (Å²) in [5, 5.41) is 1.03. The summed E-state index contributed by atoms with van der Waals surface area (Å²) in [4.78, 5) is 16.3. The fourth-order valence-electron chi connectivity index (χ4n) is 1.65. The van der Waals surface area contributed by atoms with Gasteiger partial charge in [-0.05, 0) is 32.9 Å². The highest BCUT2D eigenvalue weighted by atomic mass is 35.5. The molecule has 0 saturated carbocycles. The van der Waals surface area contributed by atoms with Crippen molar-refractivity contribution in [1.29, 1.82) is 0 Å². The summed E-state index contributed by atoms with van der Waals surface area (Å²) in [6.07, 6.45) is 0. The van der Waals surface area contributed by atoms with Crippen molar-refractivity contribution in [3.05, 3.63) is 41.0 Å². The third-order valence-corrected chi connectivity index (χ3v) is 2.50. The largest absolute Gasteiger partial charge is 0.456 e. The molecule has 2 aromatic rings. The Morgan fingerprint density at radius 2 is 1.94 bits per heavy atom. The maximum absolute atomic E-state index is 12.1. The number of carbonyl (C=O) groups excluding carboxylic acids is 1. The lowest BCUT2D eigenvalue weighted by Crippen LogP contribution is -2.24. The molecule has 0 N–H and O–H groups in total. The summed E-state index contributed by atoms with van der Waals surface area (Å²) in [7, 11) is 0. The average molecular weight is 264 g/mol. The normalized spacial score (nSPS) is 11.6. The van der Waals surface area contributed by atoms with E-state index in [0.717, 1.165) is 5.39 Å². The van der Waals surface area contributed by atoms with Crippen molar-refractivity contribution in [1.82, 2.24) is 4.98 Å². The van der Waals surface area contributed by atoms with E-state index < -0.39 is 5.60 Å². The van der Waals surface area contributed by atoms with Gasteiger partial charge in [0.25, 0.3) is 0 Å². The minimum Gasteiger partial charge on any atom is -0.456 e. The summed E-state index contributed by atoms with van der Waals surface area (Å²) in [5.74, 6) is -0.386. The van der Waals surface area contributed by atoms with Crippen molar-refractivity contribution in [2.24, 2.45) is 0 Å². The number of benzene rings is 1. The van der Waals surface area contributed by atoms with E-state index >= 15 is 0 Å². The molecule has 0 unspecified atom stereocenters. The predicted molar refractivity (Wildman–Crippen MR) is 71.9 cm³/mol. The Morgan fingerprint density at radius 3 is 2.61 bits per heavy atom. The number of esters is 1. The topological polar surface area (TPSA) is 39.2 Å². The summed E-state index contributed by atoms with van der Waals surface area (Å²) < 4.78 is 5.36. The van der Waals surface area contributed by atoms with Crippen molar-refractivity contribution in [3.63, 3.8) is 0 Å². The lowest BCUT2D eigenvalue weighted by atomic mass is 10.1. The van der Waals surface area contributed by atoms with Gasteiger partial charge in [-0.3, -0.25) is 0 Å². The van der Waals surface area contributed by atoms with Crippen LogP contribution in [0.15, 0.2) is 30.3 Å². The van der Waals surface area contributed by atoms with Gasteiger partial charge in [0.1, 0.15) is 10.8 Å². The predicted octanol–water partition coefficient (Wildman–Crippen LogP) is 3.84. The molecule has 0 amide bonds. The van der Waals surface area contributed by atoms with Crippen LogP contribution < -0.4 is 0 Å². The summed E-state index contributed by atoms with van der Waals surface area (Å²) >= 11 is 5.92. The monoisotopic (exact) mass is 263 g/mol. The van der Waals surface area contributed by atoms with Crippen LogP contribution in [0, 0.1) is 0 Å². The zero-order valence-electron chi connectivity index (χ0n) is 10.5. The van der Waals surface area contributed by atoms with Gasteiger partial charge in [0.2, 0.25) is 0 Å². The van der Waals surface area contributed by atoms with Crippen molar-refractivity contribution in [2.45, 2.75) is 26.4 Å². The zero-order valence-corrected chi connectivity index (χ0v) is 11.3. The van der Waals surface area contributed by atoms with E-state index in [2.05, 4.69) is 4.98 Å². The number of hydrogen-bond acceptors (Lipinski definition) is 3. The molecule has 1 aromatic carbocycles. The Kier molecular flexibility index (Phi) is 3.26. The quantitative estimate of drug-likeness (QED) is 0.580. The Morgan fingerprint density at radius 1 is 1.28 bits per heavy atom. The second-order valence-electron chi connectivity index (χ2n) is 5.01. The van der Waals surface area contributed by atoms with E-state index in [-0.39, 0.29) is 11.1 Å². The van der Waals surface area contributed by atoms with E-state index in [4.69, 9.17) is 16.3 Å². The molecule has 0 radical (unpaired) electrons. The van der Waals surface area contributed by atoms with Crippen molar-refractivity contribution in [2.75, 3.05) is 0 Å². The molecule has 0 atom stereocenters. The number of fused-ring (bicyclic) bond motifs is 1. The molecule has 1 heterocycles. The van der Waals surface area contributed by atoms with Gasteiger partial charge in [-0.2, -0.15) is 0 Å².